The van der Waals surface area contributed by atoms with Crippen LogP contribution in [0, 0.1) is 5.92 Å². The fraction of sp³-hybridized carbons (Fsp3) is 0.765. The first-order valence-electron chi connectivity index (χ1n) is 8.94. The summed E-state index contributed by atoms with van der Waals surface area (Å²) in [6.07, 6.45) is 2.80. The molecule has 0 unspecified atom stereocenters. The maximum atomic E-state index is 10.6. The number of aliphatic carboxylic acids is 1. The normalized spacial score (nSPS) is 24.5. The molecule has 10 heteroatoms. The highest BCUT2D eigenvalue weighted by Gasteiger charge is 2.38. The van der Waals surface area contributed by atoms with Crippen LogP contribution in [0.5, 0.6) is 0 Å². The van der Waals surface area contributed by atoms with Crippen LogP contribution >= 0.6 is 0 Å². The molecule has 2 saturated heterocycles. The lowest BCUT2D eigenvalue weighted by molar-refractivity contribution is -0.192. The molecule has 2 aliphatic rings. The number of hydrogen-bond acceptors (Lipinski definition) is 5. The van der Waals surface area contributed by atoms with Gasteiger partial charge in [-0.3, -0.25) is 9.58 Å². The van der Waals surface area contributed by atoms with Crippen molar-refractivity contribution in [2.45, 2.75) is 44.0 Å². The Hall–Kier alpha value is -1.65. The van der Waals surface area contributed by atoms with Gasteiger partial charge in [0.1, 0.15) is 0 Å². The summed E-state index contributed by atoms with van der Waals surface area (Å²) in [7, 11) is 1.94. The van der Waals surface area contributed by atoms with Crippen molar-refractivity contribution in [3.05, 3.63) is 18.0 Å². The predicted octanol–water partition coefficient (Wildman–Crippen LogP) is 1.46. The smallest absolute Gasteiger partial charge is 0.475 e. The van der Waals surface area contributed by atoms with E-state index in [0.29, 0.717) is 0 Å². The Kier molecular flexibility index (Phi) is 7.63. The highest BCUT2D eigenvalue weighted by Crippen LogP contribution is 2.25. The molecular weight excluding hydrogens is 367 g/mol. The first kappa shape index (κ1) is 21.6. The Morgan fingerprint density at radius 3 is 2.48 bits per heavy atom. The number of aliphatic hydroxyl groups is 1. The number of carboxylic acids is 1. The molecule has 1 aromatic rings. The van der Waals surface area contributed by atoms with Crippen molar-refractivity contribution in [2.24, 2.45) is 13.0 Å². The molecule has 2 atom stereocenters. The van der Waals surface area contributed by atoms with Gasteiger partial charge in [0.15, 0.2) is 0 Å². The van der Waals surface area contributed by atoms with Crippen molar-refractivity contribution in [3.63, 3.8) is 0 Å². The Bertz CT molecular complexity index is 602. The van der Waals surface area contributed by atoms with Crippen molar-refractivity contribution in [1.82, 2.24) is 14.7 Å². The Morgan fingerprint density at radius 1 is 1.33 bits per heavy atom. The van der Waals surface area contributed by atoms with Crippen molar-refractivity contribution >= 4 is 5.97 Å². The number of aromatic nitrogens is 2. The van der Waals surface area contributed by atoms with E-state index in [9.17, 15) is 18.3 Å². The molecule has 1 aromatic heterocycles. The summed E-state index contributed by atoms with van der Waals surface area (Å²) in [4.78, 5) is 11.4. The van der Waals surface area contributed by atoms with Gasteiger partial charge in [0, 0.05) is 45.6 Å². The number of carboxylic acid groups (broad SMARTS) is 1. The molecule has 0 aromatic carbocycles. The second-order valence-corrected chi connectivity index (χ2v) is 7.00. The number of hydrogen-bond donors (Lipinski definition) is 2. The molecule has 3 heterocycles. The van der Waals surface area contributed by atoms with E-state index < -0.39 is 12.1 Å². The van der Waals surface area contributed by atoms with E-state index in [1.807, 2.05) is 17.9 Å². The maximum Gasteiger partial charge on any atom is 0.490 e. The van der Waals surface area contributed by atoms with Crippen LogP contribution in [0.1, 0.15) is 24.8 Å². The first-order chi connectivity index (χ1) is 12.7. The third-order valence-corrected chi connectivity index (χ3v) is 4.90. The second-order valence-electron chi connectivity index (χ2n) is 7.00. The molecule has 0 radical (unpaired) electrons. The molecule has 0 bridgehead atoms. The van der Waals surface area contributed by atoms with Crippen LogP contribution in [0.4, 0.5) is 13.2 Å². The minimum absolute atomic E-state index is 0.199. The Balaban J connectivity index is 0.000000321. The lowest BCUT2D eigenvalue weighted by Crippen LogP contribution is -2.40. The topological polar surface area (TPSA) is 87.8 Å². The SMILES string of the molecule is Cn1cc(C[C@H]2[C@H](O)CCN2CC2CCOCC2)cn1.O=C(O)C(F)(F)F. The Labute approximate surface area is 155 Å². The molecule has 154 valence electrons. The van der Waals surface area contributed by atoms with E-state index in [0.717, 1.165) is 57.9 Å². The monoisotopic (exact) mass is 393 g/mol. The standard InChI is InChI=1S/C15H25N3O2.C2HF3O2/c1-17-10-13(9-16-17)8-14-15(19)2-5-18(14)11-12-3-6-20-7-4-12;3-2(4,5)1(6)7/h9-10,12,14-15,19H,2-8,11H2,1H3;(H,6,7)/t14-,15+;/m0./s1. The molecule has 27 heavy (non-hydrogen) atoms. The zero-order valence-electron chi connectivity index (χ0n) is 15.2. The molecule has 2 aliphatic heterocycles. The number of rotatable bonds is 4. The third kappa shape index (κ3) is 6.78. The van der Waals surface area contributed by atoms with Gasteiger partial charge in [-0.05, 0) is 37.2 Å². The lowest BCUT2D eigenvalue weighted by atomic mass is 9.98. The highest BCUT2D eigenvalue weighted by atomic mass is 19.4. The van der Waals surface area contributed by atoms with Gasteiger partial charge in [-0.15, -0.1) is 0 Å². The zero-order valence-corrected chi connectivity index (χ0v) is 15.2. The molecule has 0 amide bonds. The number of nitrogens with zero attached hydrogens (tertiary/aromatic N) is 3. The summed E-state index contributed by atoms with van der Waals surface area (Å²) >= 11 is 0. The fourth-order valence-electron chi connectivity index (χ4n) is 3.47. The zero-order chi connectivity index (χ0) is 20.0. The van der Waals surface area contributed by atoms with Crippen molar-refractivity contribution in [3.8, 4) is 0 Å². The predicted molar refractivity (Wildman–Crippen MR) is 90.1 cm³/mol. The van der Waals surface area contributed by atoms with Crippen LogP contribution in [-0.4, -0.2) is 75.5 Å². The minimum Gasteiger partial charge on any atom is -0.475 e. The van der Waals surface area contributed by atoms with Crippen molar-refractivity contribution < 1.29 is 32.9 Å². The number of aryl methyl sites for hydroxylation is 1. The van der Waals surface area contributed by atoms with Crippen LogP contribution in [0.3, 0.4) is 0 Å². The number of carbonyl (C=O) groups is 1. The van der Waals surface area contributed by atoms with Crippen molar-refractivity contribution in [1.29, 1.82) is 0 Å². The summed E-state index contributed by atoms with van der Waals surface area (Å²) in [6.45, 7) is 3.91. The molecule has 3 rings (SSSR count). The van der Waals surface area contributed by atoms with Gasteiger partial charge in [0.05, 0.1) is 12.3 Å². The largest absolute Gasteiger partial charge is 0.490 e. The van der Waals surface area contributed by atoms with Crippen LogP contribution in [0.25, 0.3) is 0 Å². The van der Waals surface area contributed by atoms with Gasteiger partial charge in [-0.1, -0.05) is 0 Å². The molecule has 0 saturated carbocycles. The van der Waals surface area contributed by atoms with Gasteiger partial charge in [-0.25, -0.2) is 4.79 Å². The number of likely N-dealkylation sites (tertiary alicyclic amines) is 1. The first-order valence-corrected chi connectivity index (χ1v) is 8.94. The van der Waals surface area contributed by atoms with Crippen LogP contribution in [-0.2, 0) is 23.0 Å². The molecule has 2 fully saturated rings. The molecular formula is C17H26F3N3O4. The lowest BCUT2D eigenvalue weighted by Gasteiger charge is -2.31. The van der Waals surface area contributed by atoms with E-state index >= 15 is 0 Å². The molecule has 2 N–H and O–H groups in total. The summed E-state index contributed by atoms with van der Waals surface area (Å²) in [5.74, 6) is -2.03. The average molecular weight is 393 g/mol. The van der Waals surface area contributed by atoms with Crippen molar-refractivity contribution in [2.75, 3.05) is 26.3 Å². The molecule has 0 spiro atoms. The summed E-state index contributed by atoms with van der Waals surface area (Å²) in [5.41, 5.74) is 1.22. The molecule has 0 aliphatic carbocycles. The number of alkyl halides is 3. The van der Waals surface area contributed by atoms with Crippen LogP contribution < -0.4 is 0 Å². The minimum atomic E-state index is -5.08. The van der Waals surface area contributed by atoms with Gasteiger partial charge in [0.25, 0.3) is 0 Å². The van der Waals surface area contributed by atoms with E-state index in [4.69, 9.17) is 14.6 Å². The third-order valence-electron chi connectivity index (χ3n) is 4.90. The number of halogens is 3. The van der Waals surface area contributed by atoms with E-state index in [-0.39, 0.29) is 12.1 Å². The van der Waals surface area contributed by atoms with E-state index in [2.05, 4.69) is 16.2 Å². The van der Waals surface area contributed by atoms with Gasteiger partial charge < -0.3 is 14.9 Å². The summed E-state index contributed by atoms with van der Waals surface area (Å²) < 4.78 is 39.0. The quantitative estimate of drug-likeness (QED) is 0.805. The van der Waals surface area contributed by atoms with E-state index in [1.54, 1.807) is 0 Å². The molecule has 7 nitrogen and oxygen atoms in total. The van der Waals surface area contributed by atoms with Crippen LogP contribution in [0.2, 0.25) is 0 Å². The maximum absolute atomic E-state index is 10.6. The summed E-state index contributed by atoms with van der Waals surface area (Å²) in [6, 6.07) is 0.252. The van der Waals surface area contributed by atoms with Crippen LogP contribution in [0.15, 0.2) is 12.4 Å². The number of ether oxygens (including phenoxy) is 1. The highest BCUT2D eigenvalue weighted by molar-refractivity contribution is 5.73. The fourth-order valence-corrected chi connectivity index (χ4v) is 3.47. The second kappa shape index (κ2) is 9.52. The number of aliphatic hydroxyl groups excluding tert-OH is 1. The van der Waals surface area contributed by atoms with Gasteiger partial charge in [0.2, 0.25) is 0 Å². The average Bonchev–Trinajstić information content (AvgIpc) is 3.16. The van der Waals surface area contributed by atoms with Gasteiger partial charge in [-0.2, -0.15) is 18.3 Å². The Morgan fingerprint density at radius 2 is 1.96 bits per heavy atom. The van der Waals surface area contributed by atoms with E-state index in [1.165, 1.54) is 5.56 Å². The van der Waals surface area contributed by atoms with Gasteiger partial charge >= 0.3 is 12.1 Å². The summed E-state index contributed by atoms with van der Waals surface area (Å²) in [5, 5.41) is 21.6.